The highest BCUT2D eigenvalue weighted by Gasteiger charge is 2.35. The van der Waals surface area contributed by atoms with Crippen molar-refractivity contribution in [1.29, 1.82) is 0 Å². The molecule has 2 atom stereocenters. The van der Waals surface area contributed by atoms with Gasteiger partial charge in [0.25, 0.3) is 5.09 Å². The highest BCUT2D eigenvalue weighted by atomic mass is 32.2. The van der Waals surface area contributed by atoms with Crippen LogP contribution >= 0.6 is 11.8 Å². The van der Waals surface area contributed by atoms with Crippen molar-refractivity contribution in [2.45, 2.75) is 32.2 Å². The summed E-state index contributed by atoms with van der Waals surface area (Å²) in [7, 11) is 0. The largest absolute Gasteiger partial charge is 0.480 e. The van der Waals surface area contributed by atoms with Crippen LogP contribution in [0.5, 0.6) is 0 Å². The predicted octanol–water partition coefficient (Wildman–Crippen LogP) is 0.283. The molecule has 0 bridgehead atoms. The van der Waals surface area contributed by atoms with E-state index < -0.39 is 29.1 Å². The first kappa shape index (κ1) is 23.5. The van der Waals surface area contributed by atoms with Gasteiger partial charge in [-0.3, -0.25) is 9.59 Å². The van der Waals surface area contributed by atoms with Gasteiger partial charge < -0.3 is 24.9 Å². The van der Waals surface area contributed by atoms with Crippen molar-refractivity contribution < 1.29 is 38.9 Å². The van der Waals surface area contributed by atoms with E-state index in [4.69, 9.17) is 9.84 Å². The molecule has 0 unspecified atom stereocenters. The zero-order valence-corrected chi connectivity index (χ0v) is 16.1. The smallest absolute Gasteiger partial charge is 0.407 e. The molecule has 1 rings (SSSR count). The van der Waals surface area contributed by atoms with Crippen LogP contribution in [0.25, 0.3) is 0 Å². The number of carbonyl (C=O) groups excluding carboxylic acids is 3. The third-order valence-corrected chi connectivity index (χ3v) is 4.97. The lowest BCUT2D eigenvalue weighted by Gasteiger charge is -2.24. The van der Waals surface area contributed by atoms with Crippen LogP contribution in [0.1, 0.15) is 26.2 Å². The Hall–Kier alpha value is -2.57. The number of nitrogens with zero attached hydrogens (tertiary/aromatic N) is 2. The minimum atomic E-state index is -1.03. The predicted molar refractivity (Wildman–Crippen MR) is 95.9 cm³/mol. The number of ether oxygens (including phenoxy) is 1. The van der Waals surface area contributed by atoms with E-state index >= 15 is 0 Å². The van der Waals surface area contributed by atoms with Crippen LogP contribution in [0.4, 0.5) is 4.79 Å². The molecular weight excluding hydrogens is 398 g/mol. The summed E-state index contributed by atoms with van der Waals surface area (Å²) in [6.45, 7) is 1.39. The summed E-state index contributed by atoms with van der Waals surface area (Å²) in [5, 5.41) is 19.9. The number of hydrogen-bond acceptors (Lipinski definition) is 9. The molecule has 12 nitrogen and oxygen atoms in total. The molecule has 0 spiro atoms. The van der Waals surface area contributed by atoms with Crippen LogP contribution in [0.3, 0.4) is 0 Å². The number of amides is 2. The van der Waals surface area contributed by atoms with Crippen molar-refractivity contribution in [2.75, 3.05) is 32.1 Å². The third kappa shape index (κ3) is 8.41. The Balaban J connectivity index is 2.21. The number of thioether (sulfide) groups is 1. The molecule has 1 heterocycles. The molecule has 1 saturated heterocycles. The first-order valence-corrected chi connectivity index (χ1v) is 9.57. The highest BCUT2D eigenvalue weighted by molar-refractivity contribution is 8.13. The van der Waals surface area contributed by atoms with Crippen molar-refractivity contribution in [3.05, 3.63) is 10.1 Å². The average molecular weight is 421 g/mol. The summed E-state index contributed by atoms with van der Waals surface area (Å²) in [4.78, 5) is 62.0. The number of hydrogen-bond donors (Lipinski definition) is 2. The summed E-state index contributed by atoms with van der Waals surface area (Å²) < 4.78 is 4.71. The second-order valence-electron chi connectivity index (χ2n) is 6.01. The van der Waals surface area contributed by atoms with Gasteiger partial charge in [-0.1, -0.05) is 18.7 Å². The Morgan fingerprint density at radius 1 is 1.36 bits per heavy atom. The number of carboxylic acids is 1. The van der Waals surface area contributed by atoms with Gasteiger partial charge in [-0.05, 0) is 12.8 Å². The van der Waals surface area contributed by atoms with Gasteiger partial charge in [0.2, 0.25) is 11.0 Å². The van der Waals surface area contributed by atoms with Gasteiger partial charge in [0.1, 0.15) is 6.04 Å². The second-order valence-corrected chi connectivity index (χ2v) is 7.09. The molecule has 0 aromatic rings. The van der Waals surface area contributed by atoms with E-state index in [0.717, 1.165) is 11.8 Å². The van der Waals surface area contributed by atoms with E-state index in [1.165, 1.54) is 4.90 Å². The molecule has 0 aromatic carbocycles. The number of likely N-dealkylation sites (tertiary alicyclic amines) is 1. The quantitative estimate of drug-likeness (QED) is 0.269. The van der Waals surface area contributed by atoms with E-state index in [1.807, 2.05) is 0 Å². The third-order valence-electron chi connectivity index (χ3n) is 3.83. The molecule has 0 aliphatic carbocycles. The lowest BCUT2D eigenvalue weighted by molar-refractivity contribution is -0.757. The van der Waals surface area contributed by atoms with E-state index in [2.05, 4.69) is 10.2 Å². The van der Waals surface area contributed by atoms with Crippen molar-refractivity contribution in [2.24, 2.45) is 5.92 Å². The molecular formula is C15H23N3O9S. The maximum atomic E-state index is 12.3. The molecule has 0 saturated carbocycles. The fourth-order valence-electron chi connectivity index (χ4n) is 2.47. The topological polar surface area (TPSA) is 165 Å². The zero-order chi connectivity index (χ0) is 21.1. The minimum Gasteiger partial charge on any atom is -0.480 e. The van der Waals surface area contributed by atoms with Gasteiger partial charge in [0.05, 0.1) is 19.8 Å². The molecule has 0 aromatic heterocycles. The number of carboxylic acid groups (broad SMARTS) is 1. The molecule has 28 heavy (non-hydrogen) atoms. The van der Waals surface area contributed by atoms with Crippen molar-refractivity contribution in [3.63, 3.8) is 0 Å². The van der Waals surface area contributed by atoms with Crippen LogP contribution in [-0.4, -0.2) is 76.3 Å². The normalized spacial score (nSPS) is 16.9. The number of rotatable bonds is 11. The Morgan fingerprint density at radius 3 is 2.71 bits per heavy atom. The van der Waals surface area contributed by atoms with E-state index in [9.17, 15) is 29.3 Å². The molecule has 1 aliphatic heterocycles. The lowest BCUT2D eigenvalue weighted by atomic mass is 10.1. The molecule has 2 N–H and O–H groups in total. The van der Waals surface area contributed by atoms with Gasteiger partial charge in [0.15, 0.2) is 0 Å². The molecule has 158 valence electrons. The standard InChI is InChI=1S/C15H23N3O9S/c1-10(13(20)17-5-2-4-11(17)14(21)22)9-28-12(19)8-16-15(23)26-6-3-7-27-18(24)25/h10-11H,2-9H2,1H3,(H,16,23)(H,21,22)/t10-,11+/m1/s1. The lowest BCUT2D eigenvalue weighted by Crippen LogP contribution is -2.43. The molecule has 0 radical (unpaired) electrons. The zero-order valence-electron chi connectivity index (χ0n) is 15.3. The van der Waals surface area contributed by atoms with E-state index in [-0.39, 0.29) is 43.0 Å². The van der Waals surface area contributed by atoms with Gasteiger partial charge in [0, 0.05) is 24.6 Å². The van der Waals surface area contributed by atoms with E-state index in [0.29, 0.717) is 19.4 Å². The molecule has 2 amide bonds. The van der Waals surface area contributed by atoms with Crippen LogP contribution in [0.2, 0.25) is 0 Å². The Kier molecular flexibility index (Phi) is 10.1. The number of nitrogens with one attached hydrogen (secondary N) is 1. The van der Waals surface area contributed by atoms with Crippen LogP contribution in [-0.2, 0) is 24.0 Å². The van der Waals surface area contributed by atoms with Crippen LogP contribution in [0, 0.1) is 16.0 Å². The van der Waals surface area contributed by atoms with Gasteiger partial charge >= 0.3 is 12.1 Å². The fourth-order valence-corrected chi connectivity index (χ4v) is 3.22. The molecule has 1 fully saturated rings. The highest BCUT2D eigenvalue weighted by Crippen LogP contribution is 2.21. The van der Waals surface area contributed by atoms with Crippen molar-refractivity contribution >= 4 is 34.8 Å². The first-order chi connectivity index (χ1) is 13.2. The summed E-state index contributed by atoms with van der Waals surface area (Å²) in [5.74, 6) is -1.72. The van der Waals surface area contributed by atoms with Crippen molar-refractivity contribution in [1.82, 2.24) is 10.2 Å². The second kappa shape index (κ2) is 12.0. The van der Waals surface area contributed by atoms with Crippen LogP contribution in [0.15, 0.2) is 0 Å². The molecule has 13 heteroatoms. The maximum absolute atomic E-state index is 12.3. The average Bonchev–Trinajstić information content (AvgIpc) is 3.13. The van der Waals surface area contributed by atoms with Gasteiger partial charge in [-0.15, -0.1) is 10.1 Å². The fraction of sp³-hybridized carbons (Fsp3) is 0.733. The van der Waals surface area contributed by atoms with Crippen molar-refractivity contribution in [3.8, 4) is 0 Å². The summed E-state index contributed by atoms with van der Waals surface area (Å²) in [6, 6.07) is -0.817. The monoisotopic (exact) mass is 421 g/mol. The number of alkyl carbamates (subject to hydrolysis) is 1. The SMILES string of the molecule is C[C@H](CSC(=O)CNC(=O)OCCCO[N+](=O)[O-])C(=O)N1CCC[C@H]1C(=O)O. The number of carbonyl (C=O) groups is 4. The maximum Gasteiger partial charge on any atom is 0.407 e. The Morgan fingerprint density at radius 2 is 2.07 bits per heavy atom. The summed E-state index contributed by atoms with van der Waals surface area (Å²) >= 11 is 0.859. The minimum absolute atomic E-state index is 0.104. The Labute approximate surface area is 165 Å². The Bertz CT molecular complexity index is 601. The molecule has 1 aliphatic rings. The van der Waals surface area contributed by atoms with E-state index in [1.54, 1.807) is 6.92 Å². The van der Waals surface area contributed by atoms with Gasteiger partial charge in [-0.2, -0.15) is 0 Å². The van der Waals surface area contributed by atoms with Crippen LogP contribution < -0.4 is 5.32 Å². The summed E-state index contributed by atoms with van der Waals surface area (Å²) in [6.07, 6.45) is 0.334. The number of aliphatic carboxylic acids is 1. The van der Waals surface area contributed by atoms with Gasteiger partial charge in [-0.25, -0.2) is 9.59 Å². The first-order valence-electron chi connectivity index (χ1n) is 8.59. The summed E-state index contributed by atoms with van der Waals surface area (Å²) in [5.41, 5.74) is 0.